The molecule has 6 rings (SSSR count). The molecule has 14 heteroatoms. The number of hydrogen-bond donors (Lipinski definition) is 4. The Hall–Kier alpha value is -4.20. The first kappa shape index (κ1) is 34.7. The maximum atomic E-state index is 14.9. The highest BCUT2D eigenvalue weighted by Gasteiger charge is 2.62. The molecule has 1 unspecified atom stereocenters. The third-order valence-electron chi connectivity index (χ3n) is 10.6. The molecule has 4 N–H and O–H groups in total. The number of nitrogens with one attached hydrogen (secondary N) is 3. The van der Waals surface area contributed by atoms with Crippen LogP contribution in [0.2, 0.25) is 0 Å². The molecular weight excluding hydrogens is 653 g/mol. The predicted molar refractivity (Wildman–Crippen MR) is 179 cm³/mol. The summed E-state index contributed by atoms with van der Waals surface area (Å²) in [7, 11) is -3.88. The van der Waals surface area contributed by atoms with Crippen LogP contribution in [-0.2, 0) is 31.0 Å². The summed E-state index contributed by atoms with van der Waals surface area (Å²) in [5, 5.41) is 15.7. The average Bonchev–Trinajstić information content (AvgIpc) is 3.93. The molecule has 2 aromatic carbocycles. The van der Waals surface area contributed by atoms with E-state index in [1.165, 1.54) is 17.0 Å². The number of likely N-dealkylation sites (tertiary alicyclic amines) is 1. The second kappa shape index (κ2) is 12.9. The Morgan fingerprint density at radius 2 is 1.80 bits per heavy atom. The minimum absolute atomic E-state index is 0.00645. The Labute approximate surface area is 285 Å². The number of carbonyl (C=O) groups excluding carboxylic acids is 3. The number of carbonyl (C=O) groups is 4. The van der Waals surface area contributed by atoms with Crippen molar-refractivity contribution >= 4 is 39.5 Å². The van der Waals surface area contributed by atoms with Crippen LogP contribution in [0.3, 0.4) is 0 Å². The topological polar surface area (TPSA) is 165 Å². The quantitative estimate of drug-likeness (QED) is 0.275. The second-order valence-corrected chi connectivity index (χ2v) is 16.3. The molecule has 12 nitrogen and oxygen atoms in total. The highest BCUT2D eigenvalue weighted by atomic mass is 32.2. The van der Waals surface area contributed by atoms with E-state index in [1.807, 2.05) is 52.0 Å². The first-order valence-corrected chi connectivity index (χ1v) is 18.5. The molecule has 6 atom stereocenters. The summed E-state index contributed by atoms with van der Waals surface area (Å²) in [5.41, 5.74) is 1.01. The summed E-state index contributed by atoms with van der Waals surface area (Å²) in [6.45, 7) is 7.39. The first-order valence-electron chi connectivity index (χ1n) is 17.0. The highest BCUT2D eigenvalue weighted by molar-refractivity contribution is 7.91. The van der Waals surface area contributed by atoms with Gasteiger partial charge >= 0.3 is 6.09 Å². The lowest BCUT2D eigenvalue weighted by molar-refractivity contribution is -0.140. The summed E-state index contributed by atoms with van der Waals surface area (Å²) in [6, 6.07) is 9.35. The first-order chi connectivity index (χ1) is 23.2. The lowest BCUT2D eigenvalue weighted by atomic mass is 9.90. The molecular formula is C35H44FN5O7S. The molecule has 0 bridgehead atoms. The van der Waals surface area contributed by atoms with E-state index in [9.17, 15) is 37.1 Å². The van der Waals surface area contributed by atoms with E-state index in [4.69, 9.17) is 0 Å². The van der Waals surface area contributed by atoms with Gasteiger partial charge in [0, 0.05) is 23.7 Å². The van der Waals surface area contributed by atoms with Gasteiger partial charge in [-0.15, -0.1) is 0 Å². The van der Waals surface area contributed by atoms with Crippen molar-refractivity contribution in [3.8, 4) is 0 Å². The van der Waals surface area contributed by atoms with Gasteiger partial charge < -0.3 is 20.6 Å². The Bertz CT molecular complexity index is 1780. The number of carboxylic acid groups (broad SMARTS) is 1. The van der Waals surface area contributed by atoms with Crippen molar-refractivity contribution in [1.82, 2.24) is 19.8 Å². The molecule has 0 radical (unpaired) electrons. The van der Waals surface area contributed by atoms with Crippen LogP contribution in [0.1, 0.15) is 75.6 Å². The SMILES string of the molecule is CC[C@@H]1C[C@]1(NC(=O)[C@@H]1C[C@@H](C2c3cccc(F)c3CN2C(=O)O)CN1C(=O)[C@@H](Nc1cccc(C)c1)C(C)C)C(=O)NS(=O)(=O)C1CC1. The van der Waals surface area contributed by atoms with Crippen molar-refractivity contribution in [2.75, 3.05) is 11.9 Å². The maximum Gasteiger partial charge on any atom is 0.408 e. The van der Waals surface area contributed by atoms with Gasteiger partial charge in [0.25, 0.3) is 5.91 Å². The highest BCUT2D eigenvalue weighted by Crippen LogP contribution is 2.48. The zero-order chi connectivity index (χ0) is 35.4. The number of sulfonamides is 1. The van der Waals surface area contributed by atoms with Crippen molar-refractivity contribution in [3.63, 3.8) is 0 Å². The normalized spacial score (nSPS) is 26.7. The van der Waals surface area contributed by atoms with Crippen LogP contribution >= 0.6 is 0 Å². The molecule has 4 amide bonds. The Morgan fingerprint density at radius 3 is 2.41 bits per heavy atom. The summed E-state index contributed by atoms with van der Waals surface area (Å²) < 4.78 is 42.5. The van der Waals surface area contributed by atoms with Gasteiger partial charge in [-0.05, 0) is 73.8 Å². The molecule has 2 saturated carbocycles. The van der Waals surface area contributed by atoms with Crippen LogP contribution in [0, 0.1) is 30.5 Å². The molecule has 0 spiro atoms. The third kappa shape index (κ3) is 6.59. The number of benzene rings is 2. The van der Waals surface area contributed by atoms with E-state index >= 15 is 0 Å². The minimum atomic E-state index is -3.88. The van der Waals surface area contributed by atoms with Gasteiger partial charge in [-0.3, -0.25) is 24.0 Å². The molecule has 2 aliphatic carbocycles. The van der Waals surface area contributed by atoms with E-state index in [1.54, 1.807) is 6.07 Å². The minimum Gasteiger partial charge on any atom is -0.465 e. The van der Waals surface area contributed by atoms with E-state index in [-0.39, 0.29) is 49.2 Å². The number of halogens is 1. The molecule has 2 heterocycles. The number of anilines is 1. The van der Waals surface area contributed by atoms with Crippen molar-refractivity contribution in [3.05, 3.63) is 65.0 Å². The summed E-state index contributed by atoms with van der Waals surface area (Å²) in [6.07, 6.45) is 0.497. The lowest BCUT2D eigenvalue weighted by Crippen LogP contribution is -2.58. The van der Waals surface area contributed by atoms with Crippen LogP contribution in [0.25, 0.3) is 0 Å². The Morgan fingerprint density at radius 1 is 1.08 bits per heavy atom. The van der Waals surface area contributed by atoms with Crippen molar-refractivity contribution < 1.29 is 37.1 Å². The molecule has 264 valence electrons. The smallest absolute Gasteiger partial charge is 0.408 e. The van der Waals surface area contributed by atoms with Gasteiger partial charge in [0.2, 0.25) is 21.8 Å². The number of fused-ring (bicyclic) bond motifs is 1. The summed E-state index contributed by atoms with van der Waals surface area (Å²) >= 11 is 0. The van der Waals surface area contributed by atoms with Crippen LogP contribution in [0.15, 0.2) is 42.5 Å². The molecule has 4 aliphatic rings. The van der Waals surface area contributed by atoms with E-state index in [0.717, 1.165) is 16.2 Å². The average molecular weight is 698 g/mol. The molecule has 2 aromatic rings. The standard InChI is InChI=1S/C35H44FN5O7S/c1-5-22-16-35(22,33(44)39-49(47,48)24-12-13-24)38-31(42)28-15-21(30-25-10-7-11-27(36)26(25)18-41(30)34(45)46)17-40(28)32(43)29(19(2)3)37-23-9-6-8-20(4)14-23/h6-11,14,19,21-22,24,28-30,37H,5,12-13,15-18H2,1-4H3,(H,38,42)(H,39,44)(H,45,46)/t21-,22-,28+,29+,30?,35-/m1/s1. The molecule has 2 aliphatic heterocycles. The fraction of sp³-hybridized carbons (Fsp3) is 0.543. The summed E-state index contributed by atoms with van der Waals surface area (Å²) in [4.78, 5) is 57.4. The van der Waals surface area contributed by atoms with Gasteiger partial charge in [0.05, 0.1) is 17.8 Å². The molecule has 0 aromatic heterocycles. The van der Waals surface area contributed by atoms with Crippen LogP contribution in [-0.4, -0.2) is 76.6 Å². The van der Waals surface area contributed by atoms with Crippen LogP contribution < -0.4 is 15.4 Å². The van der Waals surface area contributed by atoms with Crippen molar-refractivity contribution in [2.24, 2.45) is 17.8 Å². The predicted octanol–water partition coefficient (Wildman–Crippen LogP) is 3.92. The van der Waals surface area contributed by atoms with Gasteiger partial charge in [-0.25, -0.2) is 17.6 Å². The van der Waals surface area contributed by atoms with Crippen molar-refractivity contribution in [2.45, 2.75) is 95.3 Å². The number of hydrogen-bond acceptors (Lipinski definition) is 7. The molecule has 3 fully saturated rings. The third-order valence-corrected chi connectivity index (χ3v) is 12.4. The molecule has 49 heavy (non-hydrogen) atoms. The lowest BCUT2D eigenvalue weighted by Gasteiger charge is -2.32. The zero-order valence-corrected chi connectivity index (χ0v) is 28.9. The van der Waals surface area contributed by atoms with Gasteiger partial charge in [0.1, 0.15) is 23.4 Å². The fourth-order valence-corrected chi connectivity index (χ4v) is 9.01. The molecule has 1 saturated heterocycles. The van der Waals surface area contributed by atoms with Crippen molar-refractivity contribution in [1.29, 1.82) is 0 Å². The van der Waals surface area contributed by atoms with Gasteiger partial charge in [0.15, 0.2) is 0 Å². The zero-order valence-electron chi connectivity index (χ0n) is 28.1. The van der Waals surface area contributed by atoms with Crippen LogP contribution in [0.5, 0.6) is 0 Å². The van der Waals surface area contributed by atoms with E-state index in [0.29, 0.717) is 24.8 Å². The van der Waals surface area contributed by atoms with Gasteiger partial charge in [-0.1, -0.05) is 51.5 Å². The second-order valence-electron chi connectivity index (χ2n) is 14.3. The fourth-order valence-electron chi connectivity index (χ4n) is 7.64. The van der Waals surface area contributed by atoms with Gasteiger partial charge in [-0.2, -0.15) is 0 Å². The number of rotatable bonds is 11. The number of aryl methyl sites for hydroxylation is 1. The Balaban J connectivity index is 1.33. The maximum absolute atomic E-state index is 14.9. The van der Waals surface area contributed by atoms with Crippen LogP contribution in [0.4, 0.5) is 14.9 Å². The Kier molecular flexibility index (Phi) is 9.14. The number of nitrogens with zero attached hydrogens (tertiary/aromatic N) is 2. The number of amides is 4. The van der Waals surface area contributed by atoms with E-state index in [2.05, 4.69) is 15.4 Å². The van der Waals surface area contributed by atoms with E-state index < -0.39 is 68.6 Å². The summed E-state index contributed by atoms with van der Waals surface area (Å²) in [5.74, 6) is -3.41. The largest absolute Gasteiger partial charge is 0.465 e. The monoisotopic (exact) mass is 697 g/mol.